The Labute approximate surface area is 290 Å². The third-order valence-electron chi connectivity index (χ3n) is 10.1. The monoisotopic (exact) mass is 636 g/mol. The van der Waals surface area contributed by atoms with Gasteiger partial charge in [-0.2, -0.15) is 0 Å². The summed E-state index contributed by atoms with van der Waals surface area (Å²) in [4.78, 5) is 0. The molecule has 0 aliphatic heterocycles. The summed E-state index contributed by atoms with van der Waals surface area (Å²) in [5, 5.41) is 5.01. The molecule has 0 N–H and O–H groups in total. The summed E-state index contributed by atoms with van der Waals surface area (Å²) in [6.45, 7) is 0. The van der Waals surface area contributed by atoms with Gasteiger partial charge in [0, 0.05) is 32.9 Å². The van der Waals surface area contributed by atoms with Gasteiger partial charge in [-0.3, -0.25) is 0 Å². The van der Waals surface area contributed by atoms with E-state index in [4.69, 9.17) is 0 Å². The van der Waals surface area contributed by atoms with Crippen molar-refractivity contribution in [1.82, 2.24) is 9.13 Å². The minimum absolute atomic E-state index is 1.14. The number of benzene rings is 8. The van der Waals surface area contributed by atoms with E-state index < -0.39 is 0 Å². The standard InChI is InChI=1S/C48H32N2/c1-4-15-33(16-5-1)36-29-37(34-17-6-2-7-18-34)31-39(30-36)50-46-28-27-38(49-44-24-12-10-21-41(44)42-22-11-13-25-45(42)49)32-43(46)48-40(23-14-26-47(48)50)35-19-8-3-9-20-35/h1-32H. The molecule has 0 aliphatic carbocycles. The smallest absolute Gasteiger partial charge is 0.0547 e. The quantitative estimate of drug-likeness (QED) is 0.178. The average molecular weight is 637 g/mol. The van der Waals surface area contributed by atoms with Crippen LogP contribution >= 0.6 is 0 Å². The van der Waals surface area contributed by atoms with Crippen LogP contribution in [0.4, 0.5) is 0 Å². The van der Waals surface area contributed by atoms with Crippen molar-refractivity contribution in [3.05, 3.63) is 194 Å². The van der Waals surface area contributed by atoms with Crippen LogP contribution < -0.4 is 0 Å². The number of aromatic nitrogens is 2. The Kier molecular flexibility index (Phi) is 6.53. The molecule has 0 atom stereocenters. The first-order valence-corrected chi connectivity index (χ1v) is 17.2. The molecule has 10 rings (SSSR count). The number of para-hydroxylation sites is 2. The third kappa shape index (κ3) is 4.50. The van der Waals surface area contributed by atoms with E-state index >= 15 is 0 Å². The molecule has 234 valence electrons. The van der Waals surface area contributed by atoms with Gasteiger partial charge in [0.05, 0.1) is 22.1 Å². The lowest BCUT2D eigenvalue weighted by Gasteiger charge is -2.14. The van der Waals surface area contributed by atoms with Crippen molar-refractivity contribution < 1.29 is 0 Å². The van der Waals surface area contributed by atoms with Crippen LogP contribution in [-0.4, -0.2) is 9.13 Å². The van der Waals surface area contributed by atoms with Crippen LogP contribution in [0.2, 0.25) is 0 Å². The number of nitrogens with zero attached hydrogens (tertiary/aromatic N) is 2. The summed E-state index contributed by atoms with van der Waals surface area (Å²) in [6, 6.07) is 70.5. The lowest BCUT2D eigenvalue weighted by Crippen LogP contribution is -1.97. The maximum absolute atomic E-state index is 2.46. The maximum Gasteiger partial charge on any atom is 0.0547 e. The molecule has 0 aliphatic rings. The van der Waals surface area contributed by atoms with Crippen LogP contribution in [0.25, 0.3) is 88.4 Å². The molecule has 0 unspecified atom stereocenters. The Morgan fingerprint density at radius 3 is 1.34 bits per heavy atom. The number of fused-ring (bicyclic) bond motifs is 6. The van der Waals surface area contributed by atoms with Crippen molar-refractivity contribution in [3.8, 4) is 44.8 Å². The minimum atomic E-state index is 1.14. The molecule has 2 heteroatoms. The van der Waals surface area contributed by atoms with Crippen molar-refractivity contribution >= 4 is 43.6 Å². The van der Waals surface area contributed by atoms with Gasteiger partial charge >= 0.3 is 0 Å². The predicted octanol–water partition coefficient (Wildman–Crippen LogP) is 12.9. The Balaban J connectivity index is 1.31. The second-order valence-electron chi connectivity index (χ2n) is 13.0. The van der Waals surface area contributed by atoms with E-state index in [0.717, 1.165) is 11.4 Å². The van der Waals surface area contributed by atoms with E-state index in [-0.39, 0.29) is 0 Å². The molecular weight excluding hydrogens is 605 g/mol. The lowest BCUT2D eigenvalue weighted by atomic mass is 9.98. The van der Waals surface area contributed by atoms with Gasteiger partial charge in [0.2, 0.25) is 0 Å². The van der Waals surface area contributed by atoms with Crippen LogP contribution in [0.15, 0.2) is 194 Å². The maximum atomic E-state index is 2.46. The van der Waals surface area contributed by atoms with Crippen molar-refractivity contribution in [2.24, 2.45) is 0 Å². The second kappa shape index (κ2) is 11.5. The molecule has 0 saturated heterocycles. The van der Waals surface area contributed by atoms with E-state index in [1.165, 1.54) is 77.0 Å². The van der Waals surface area contributed by atoms with Gasteiger partial charge in [-0.1, -0.05) is 140 Å². The zero-order valence-corrected chi connectivity index (χ0v) is 27.4. The zero-order valence-electron chi connectivity index (χ0n) is 27.4. The highest BCUT2D eigenvalue weighted by Gasteiger charge is 2.20. The van der Waals surface area contributed by atoms with Crippen LogP contribution in [-0.2, 0) is 0 Å². The van der Waals surface area contributed by atoms with Gasteiger partial charge in [-0.25, -0.2) is 0 Å². The first-order chi connectivity index (χ1) is 24.8. The van der Waals surface area contributed by atoms with Crippen molar-refractivity contribution in [2.45, 2.75) is 0 Å². The summed E-state index contributed by atoms with van der Waals surface area (Å²) in [5.41, 5.74) is 14.3. The van der Waals surface area contributed by atoms with Crippen LogP contribution in [0.1, 0.15) is 0 Å². The van der Waals surface area contributed by atoms with Crippen molar-refractivity contribution in [1.29, 1.82) is 0 Å². The summed E-state index contributed by atoms with van der Waals surface area (Å²) >= 11 is 0. The largest absolute Gasteiger partial charge is 0.309 e. The highest BCUT2D eigenvalue weighted by Crippen LogP contribution is 2.42. The molecule has 0 radical (unpaired) electrons. The van der Waals surface area contributed by atoms with Crippen LogP contribution in [0, 0.1) is 0 Å². The molecule has 0 fully saturated rings. The first kappa shape index (κ1) is 28.4. The summed E-state index contributed by atoms with van der Waals surface area (Å²) in [5.74, 6) is 0. The zero-order chi connectivity index (χ0) is 33.0. The molecule has 10 aromatic rings. The summed E-state index contributed by atoms with van der Waals surface area (Å²) in [6.07, 6.45) is 0. The molecule has 8 aromatic carbocycles. The molecule has 50 heavy (non-hydrogen) atoms. The number of hydrogen-bond donors (Lipinski definition) is 0. The summed E-state index contributed by atoms with van der Waals surface area (Å²) < 4.78 is 4.88. The van der Waals surface area contributed by atoms with E-state index in [2.05, 4.69) is 203 Å². The fourth-order valence-corrected chi connectivity index (χ4v) is 7.87. The van der Waals surface area contributed by atoms with Gasteiger partial charge in [-0.05, 0) is 88.0 Å². The third-order valence-corrected chi connectivity index (χ3v) is 10.1. The fraction of sp³-hybridized carbons (Fsp3) is 0. The van der Waals surface area contributed by atoms with Gasteiger partial charge in [0.15, 0.2) is 0 Å². The molecule has 0 spiro atoms. The summed E-state index contributed by atoms with van der Waals surface area (Å²) in [7, 11) is 0. The molecule has 2 heterocycles. The number of hydrogen-bond acceptors (Lipinski definition) is 0. The average Bonchev–Trinajstić information content (AvgIpc) is 3.71. The highest BCUT2D eigenvalue weighted by atomic mass is 15.0. The van der Waals surface area contributed by atoms with Gasteiger partial charge < -0.3 is 9.13 Å². The minimum Gasteiger partial charge on any atom is -0.309 e. The molecule has 2 nitrogen and oxygen atoms in total. The predicted molar refractivity (Wildman–Crippen MR) is 211 cm³/mol. The first-order valence-electron chi connectivity index (χ1n) is 17.2. The van der Waals surface area contributed by atoms with Gasteiger partial charge in [-0.15, -0.1) is 0 Å². The Morgan fingerprint density at radius 1 is 0.260 bits per heavy atom. The van der Waals surface area contributed by atoms with E-state index in [1.807, 2.05) is 0 Å². The fourth-order valence-electron chi connectivity index (χ4n) is 7.87. The van der Waals surface area contributed by atoms with Crippen molar-refractivity contribution in [2.75, 3.05) is 0 Å². The second-order valence-corrected chi connectivity index (χ2v) is 13.0. The van der Waals surface area contributed by atoms with Crippen LogP contribution in [0.5, 0.6) is 0 Å². The molecular formula is C48H32N2. The topological polar surface area (TPSA) is 9.86 Å². The van der Waals surface area contributed by atoms with E-state index in [1.54, 1.807) is 0 Å². The molecule has 2 aromatic heterocycles. The molecule has 0 bridgehead atoms. The Morgan fingerprint density at radius 2 is 0.740 bits per heavy atom. The lowest BCUT2D eigenvalue weighted by molar-refractivity contribution is 1.17. The van der Waals surface area contributed by atoms with Gasteiger partial charge in [0.25, 0.3) is 0 Å². The van der Waals surface area contributed by atoms with Gasteiger partial charge in [0.1, 0.15) is 0 Å². The Bertz CT molecular complexity index is 2730. The van der Waals surface area contributed by atoms with E-state index in [9.17, 15) is 0 Å². The Hall–Kier alpha value is -6.64. The van der Waals surface area contributed by atoms with Crippen LogP contribution in [0.3, 0.4) is 0 Å². The van der Waals surface area contributed by atoms with Crippen molar-refractivity contribution in [3.63, 3.8) is 0 Å². The number of rotatable bonds is 5. The molecule has 0 amide bonds. The normalized spacial score (nSPS) is 11.6. The molecule has 0 saturated carbocycles. The SMILES string of the molecule is c1ccc(-c2cc(-c3ccccc3)cc(-n3c4ccc(-n5c6ccccc6c6ccccc65)cc4c4c(-c5ccccc5)cccc43)c2)cc1. The highest BCUT2D eigenvalue weighted by molar-refractivity contribution is 6.17. The van der Waals surface area contributed by atoms with E-state index in [0.29, 0.717) is 0 Å².